The molecule has 0 aliphatic carbocycles. The third-order valence-corrected chi connectivity index (χ3v) is 4.85. The molecule has 1 aromatic carbocycles. The van der Waals surface area contributed by atoms with E-state index in [0.717, 1.165) is 15.4 Å². The van der Waals surface area contributed by atoms with Crippen LogP contribution < -0.4 is 4.31 Å². The van der Waals surface area contributed by atoms with Crippen molar-refractivity contribution in [2.24, 2.45) is 0 Å². The summed E-state index contributed by atoms with van der Waals surface area (Å²) in [5.41, 5.74) is 2.34. The maximum atomic E-state index is 12.2. The van der Waals surface area contributed by atoms with Gasteiger partial charge in [0.2, 0.25) is 10.0 Å². The van der Waals surface area contributed by atoms with Gasteiger partial charge in [0, 0.05) is 0 Å². The maximum Gasteiger partial charge on any atom is 0.326 e. The van der Waals surface area contributed by atoms with Gasteiger partial charge in [0.15, 0.2) is 0 Å². The maximum absolute atomic E-state index is 12.2. The molecule has 112 valence electrons. The molecule has 20 heavy (non-hydrogen) atoms. The van der Waals surface area contributed by atoms with Crippen LogP contribution in [0.1, 0.15) is 25.0 Å². The number of ether oxygens (including phenoxy) is 1. The minimum atomic E-state index is -3.53. The molecule has 0 aliphatic heterocycles. The topological polar surface area (TPSA) is 63.7 Å². The molecule has 0 spiro atoms. The Morgan fingerprint density at radius 2 is 1.90 bits per heavy atom. The van der Waals surface area contributed by atoms with E-state index < -0.39 is 16.0 Å². The number of esters is 1. The first-order valence-electron chi connectivity index (χ1n) is 6.55. The van der Waals surface area contributed by atoms with Crippen molar-refractivity contribution in [2.75, 3.05) is 23.2 Å². The number of benzene rings is 1. The average molecular weight is 299 g/mol. The molecule has 0 amide bonds. The van der Waals surface area contributed by atoms with Gasteiger partial charge < -0.3 is 4.74 Å². The summed E-state index contributed by atoms with van der Waals surface area (Å²) in [5.74, 6) is -0.620. The first kappa shape index (κ1) is 16.5. The first-order valence-corrected chi connectivity index (χ1v) is 8.16. The van der Waals surface area contributed by atoms with Gasteiger partial charge in [-0.05, 0) is 44.9 Å². The summed E-state index contributed by atoms with van der Waals surface area (Å²) in [4.78, 5) is 11.7. The number of hydrogen-bond donors (Lipinski definition) is 0. The smallest absolute Gasteiger partial charge is 0.326 e. The number of sulfonamides is 1. The molecular formula is C14H21NO4S. The standard InChI is InChI=1S/C14H21NO4S/c1-5-19-14(16)10-15(20(17,18)6-2)13-9-7-8-11(3)12(13)4/h7-9H,5-6,10H2,1-4H3. The van der Waals surface area contributed by atoms with Gasteiger partial charge in [-0.25, -0.2) is 8.42 Å². The number of nitrogens with zero attached hydrogens (tertiary/aromatic N) is 1. The van der Waals surface area contributed by atoms with Crippen molar-refractivity contribution in [3.63, 3.8) is 0 Å². The van der Waals surface area contributed by atoms with Crippen molar-refractivity contribution in [3.8, 4) is 0 Å². The molecule has 0 saturated carbocycles. The Kier molecular flexibility index (Phi) is 5.56. The molecule has 0 atom stereocenters. The van der Waals surface area contributed by atoms with Crippen LogP contribution in [-0.2, 0) is 19.6 Å². The number of carbonyl (C=O) groups excluding carboxylic acids is 1. The lowest BCUT2D eigenvalue weighted by Gasteiger charge is -2.25. The molecule has 0 unspecified atom stereocenters. The van der Waals surface area contributed by atoms with Crippen molar-refractivity contribution < 1.29 is 17.9 Å². The minimum absolute atomic E-state index is 0.0697. The minimum Gasteiger partial charge on any atom is -0.465 e. The van der Waals surface area contributed by atoms with E-state index in [9.17, 15) is 13.2 Å². The van der Waals surface area contributed by atoms with Crippen LogP contribution >= 0.6 is 0 Å². The molecule has 6 heteroatoms. The molecule has 0 aliphatic rings. The Balaban J connectivity index is 3.24. The van der Waals surface area contributed by atoms with Crippen molar-refractivity contribution in [1.82, 2.24) is 0 Å². The molecule has 1 aromatic rings. The van der Waals surface area contributed by atoms with Gasteiger partial charge >= 0.3 is 5.97 Å². The number of hydrogen-bond acceptors (Lipinski definition) is 4. The van der Waals surface area contributed by atoms with Crippen LogP contribution in [0, 0.1) is 13.8 Å². The van der Waals surface area contributed by atoms with Crippen molar-refractivity contribution in [1.29, 1.82) is 0 Å². The molecular weight excluding hydrogens is 278 g/mol. The monoisotopic (exact) mass is 299 g/mol. The van der Waals surface area contributed by atoms with Gasteiger partial charge in [0.05, 0.1) is 18.0 Å². The highest BCUT2D eigenvalue weighted by atomic mass is 32.2. The van der Waals surface area contributed by atoms with E-state index in [-0.39, 0.29) is 18.9 Å². The van der Waals surface area contributed by atoms with Crippen molar-refractivity contribution >= 4 is 21.7 Å². The fraction of sp³-hybridized carbons (Fsp3) is 0.500. The molecule has 0 bridgehead atoms. The second-order valence-corrected chi connectivity index (χ2v) is 6.61. The lowest BCUT2D eigenvalue weighted by atomic mass is 10.1. The van der Waals surface area contributed by atoms with Crippen LogP contribution in [0.5, 0.6) is 0 Å². The second kappa shape index (κ2) is 6.74. The Bertz CT molecular complexity index is 581. The van der Waals surface area contributed by atoms with Crippen molar-refractivity contribution in [2.45, 2.75) is 27.7 Å². The Morgan fingerprint density at radius 1 is 1.25 bits per heavy atom. The first-order chi connectivity index (χ1) is 9.33. The summed E-state index contributed by atoms with van der Waals surface area (Å²) < 4.78 is 30.4. The lowest BCUT2D eigenvalue weighted by Crippen LogP contribution is -2.38. The number of anilines is 1. The molecule has 0 fully saturated rings. The Labute approximate surface area is 120 Å². The van der Waals surface area contributed by atoms with E-state index in [0.29, 0.717) is 5.69 Å². The molecule has 0 radical (unpaired) electrons. The van der Waals surface area contributed by atoms with Gasteiger partial charge in [-0.2, -0.15) is 0 Å². The van der Waals surface area contributed by atoms with Gasteiger partial charge in [-0.1, -0.05) is 12.1 Å². The zero-order chi connectivity index (χ0) is 15.3. The second-order valence-electron chi connectivity index (χ2n) is 4.43. The number of rotatable bonds is 6. The summed E-state index contributed by atoms with van der Waals surface area (Å²) in [6, 6.07) is 5.38. The normalized spacial score (nSPS) is 11.2. The van der Waals surface area contributed by atoms with Gasteiger partial charge in [-0.15, -0.1) is 0 Å². The van der Waals surface area contributed by atoms with Crippen LogP contribution in [0.2, 0.25) is 0 Å². The van der Waals surface area contributed by atoms with Gasteiger partial charge in [0.1, 0.15) is 6.54 Å². The van der Waals surface area contributed by atoms with Gasteiger partial charge in [-0.3, -0.25) is 9.10 Å². The fourth-order valence-electron chi connectivity index (χ4n) is 1.82. The third-order valence-electron chi connectivity index (χ3n) is 3.12. The molecule has 1 rings (SSSR count). The lowest BCUT2D eigenvalue weighted by molar-refractivity contribution is -0.141. The van der Waals surface area contributed by atoms with E-state index in [4.69, 9.17) is 4.74 Å². The van der Waals surface area contributed by atoms with Crippen LogP contribution in [0.25, 0.3) is 0 Å². The van der Waals surface area contributed by atoms with E-state index >= 15 is 0 Å². The summed E-state index contributed by atoms with van der Waals surface area (Å²) in [6.45, 7) is 6.92. The summed E-state index contributed by atoms with van der Waals surface area (Å²) in [7, 11) is -3.53. The van der Waals surface area contributed by atoms with E-state index in [1.54, 1.807) is 26.0 Å². The zero-order valence-electron chi connectivity index (χ0n) is 12.3. The third kappa shape index (κ3) is 3.72. The number of carbonyl (C=O) groups is 1. The summed E-state index contributed by atoms with van der Waals surface area (Å²) >= 11 is 0. The predicted octanol–water partition coefficient (Wildman–Crippen LogP) is 2.02. The zero-order valence-corrected chi connectivity index (χ0v) is 13.2. The van der Waals surface area contributed by atoms with E-state index in [1.165, 1.54) is 0 Å². The summed E-state index contributed by atoms with van der Waals surface area (Å²) in [6.07, 6.45) is 0. The molecule has 0 heterocycles. The van der Waals surface area contributed by atoms with Crippen molar-refractivity contribution in [3.05, 3.63) is 29.3 Å². The Morgan fingerprint density at radius 3 is 2.45 bits per heavy atom. The van der Waals surface area contributed by atoms with E-state index in [2.05, 4.69) is 0 Å². The Hall–Kier alpha value is -1.56. The molecule has 0 saturated heterocycles. The quantitative estimate of drug-likeness (QED) is 0.754. The van der Waals surface area contributed by atoms with E-state index in [1.807, 2.05) is 19.9 Å². The van der Waals surface area contributed by atoms with Crippen LogP contribution in [-0.4, -0.2) is 33.3 Å². The highest BCUT2D eigenvalue weighted by Gasteiger charge is 2.25. The summed E-state index contributed by atoms with van der Waals surface area (Å²) in [5, 5.41) is 0. The molecule has 5 nitrogen and oxygen atoms in total. The largest absolute Gasteiger partial charge is 0.465 e. The highest BCUT2D eigenvalue weighted by molar-refractivity contribution is 7.92. The fourth-order valence-corrected chi connectivity index (χ4v) is 2.93. The van der Waals surface area contributed by atoms with Crippen LogP contribution in [0.15, 0.2) is 18.2 Å². The predicted molar refractivity (Wildman–Crippen MR) is 79.4 cm³/mol. The molecule has 0 N–H and O–H groups in total. The van der Waals surface area contributed by atoms with Gasteiger partial charge in [0.25, 0.3) is 0 Å². The van der Waals surface area contributed by atoms with Crippen LogP contribution in [0.3, 0.4) is 0 Å². The van der Waals surface area contributed by atoms with Crippen LogP contribution in [0.4, 0.5) is 5.69 Å². The number of aryl methyl sites for hydroxylation is 1. The molecule has 0 aromatic heterocycles. The average Bonchev–Trinajstić information content (AvgIpc) is 2.40. The SMILES string of the molecule is CCOC(=O)CN(c1cccc(C)c1C)S(=O)(=O)CC. The highest BCUT2D eigenvalue weighted by Crippen LogP contribution is 2.25.